The zero-order valence-corrected chi connectivity index (χ0v) is 15.1. The van der Waals surface area contributed by atoms with Gasteiger partial charge in [0.25, 0.3) is 0 Å². The zero-order chi connectivity index (χ0) is 16.3. The highest BCUT2D eigenvalue weighted by Gasteiger charge is 2.28. The fourth-order valence-corrected chi connectivity index (χ4v) is 3.52. The summed E-state index contributed by atoms with van der Waals surface area (Å²) in [5.41, 5.74) is 6.23. The van der Waals surface area contributed by atoms with E-state index in [-0.39, 0.29) is 5.41 Å². The van der Waals surface area contributed by atoms with Crippen LogP contribution in [-0.2, 0) is 18.9 Å². The van der Waals surface area contributed by atoms with E-state index in [1.165, 1.54) is 27.7 Å². The molecule has 1 heterocycles. The highest BCUT2D eigenvalue weighted by Crippen LogP contribution is 2.40. The molecule has 0 bridgehead atoms. The lowest BCUT2D eigenvalue weighted by Crippen LogP contribution is -2.22. The fourth-order valence-electron chi connectivity index (χ4n) is 3.52. The molecule has 3 rings (SSSR count). The Morgan fingerprint density at radius 1 is 1.05 bits per heavy atom. The molecule has 1 unspecified atom stereocenters. The third-order valence-corrected chi connectivity index (χ3v) is 5.24. The van der Waals surface area contributed by atoms with Crippen molar-refractivity contribution in [2.24, 2.45) is 18.4 Å². The van der Waals surface area contributed by atoms with Crippen LogP contribution < -0.4 is 0 Å². The Bertz CT molecular complexity index is 745. The SMILES string of the molecule is Cn1c2c(c3cc(C(C)(C)C)ccc31)CC(C(C)(C)C)C=C2. The molecule has 1 aromatic heterocycles. The minimum atomic E-state index is 0.199. The van der Waals surface area contributed by atoms with Crippen molar-refractivity contribution < 1.29 is 0 Å². The first-order valence-corrected chi connectivity index (χ1v) is 8.39. The van der Waals surface area contributed by atoms with E-state index in [1.54, 1.807) is 0 Å². The van der Waals surface area contributed by atoms with Crippen molar-refractivity contribution in [1.29, 1.82) is 0 Å². The summed E-state index contributed by atoms with van der Waals surface area (Å²) in [7, 11) is 2.19. The average Bonchev–Trinajstić information content (AvgIpc) is 2.70. The molecule has 0 radical (unpaired) electrons. The Morgan fingerprint density at radius 2 is 1.73 bits per heavy atom. The summed E-state index contributed by atoms with van der Waals surface area (Å²) in [5.74, 6) is 0.615. The number of hydrogen-bond acceptors (Lipinski definition) is 0. The van der Waals surface area contributed by atoms with Crippen LogP contribution in [0.5, 0.6) is 0 Å². The van der Waals surface area contributed by atoms with E-state index < -0.39 is 0 Å². The quantitative estimate of drug-likeness (QED) is 0.587. The van der Waals surface area contributed by atoms with Crippen LogP contribution in [-0.4, -0.2) is 4.57 Å². The molecule has 1 aliphatic carbocycles. The lowest BCUT2D eigenvalue weighted by Gasteiger charge is -2.30. The highest BCUT2D eigenvalue weighted by molar-refractivity contribution is 5.89. The summed E-state index contributed by atoms with van der Waals surface area (Å²) < 4.78 is 2.35. The topological polar surface area (TPSA) is 4.93 Å². The van der Waals surface area contributed by atoms with Crippen LogP contribution in [0.25, 0.3) is 17.0 Å². The summed E-state index contributed by atoms with van der Waals surface area (Å²) >= 11 is 0. The number of fused-ring (bicyclic) bond motifs is 3. The molecule has 0 amide bonds. The highest BCUT2D eigenvalue weighted by atomic mass is 14.9. The number of nitrogens with zero attached hydrogens (tertiary/aromatic N) is 1. The van der Waals surface area contributed by atoms with Gasteiger partial charge in [-0.3, -0.25) is 0 Å². The second kappa shape index (κ2) is 4.75. The Kier molecular flexibility index (Phi) is 3.32. The van der Waals surface area contributed by atoms with Crippen LogP contribution in [0.4, 0.5) is 0 Å². The molecular formula is C21H29N. The second-order valence-electron chi connectivity index (χ2n) is 8.94. The molecule has 22 heavy (non-hydrogen) atoms. The number of rotatable bonds is 0. The number of aromatic nitrogens is 1. The molecule has 0 spiro atoms. The third kappa shape index (κ3) is 2.41. The lowest BCUT2D eigenvalue weighted by atomic mass is 9.74. The molecule has 1 atom stereocenters. The molecule has 0 aliphatic heterocycles. The molecule has 118 valence electrons. The Balaban J connectivity index is 2.19. The summed E-state index contributed by atoms with van der Waals surface area (Å²) in [5, 5.41) is 1.45. The summed E-state index contributed by atoms with van der Waals surface area (Å²) in [6.45, 7) is 13.9. The van der Waals surface area contributed by atoms with Gasteiger partial charge in [0, 0.05) is 23.6 Å². The molecule has 0 saturated heterocycles. The van der Waals surface area contributed by atoms with Gasteiger partial charge in [0.05, 0.1) is 0 Å². The lowest BCUT2D eigenvalue weighted by molar-refractivity contribution is 0.291. The maximum absolute atomic E-state index is 2.42. The van der Waals surface area contributed by atoms with E-state index in [0.717, 1.165) is 6.42 Å². The van der Waals surface area contributed by atoms with Gasteiger partial charge in [-0.25, -0.2) is 0 Å². The van der Waals surface area contributed by atoms with Crippen molar-refractivity contribution in [1.82, 2.24) is 4.57 Å². The average molecular weight is 295 g/mol. The van der Waals surface area contributed by atoms with Crippen molar-refractivity contribution in [3.63, 3.8) is 0 Å². The molecule has 0 N–H and O–H groups in total. The van der Waals surface area contributed by atoms with Gasteiger partial charge in [0.2, 0.25) is 0 Å². The van der Waals surface area contributed by atoms with Gasteiger partial charge in [-0.2, -0.15) is 0 Å². The minimum Gasteiger partial charge on any atom is -0.344 e. The van der Waals surface area contributed by atoms with Gasteiger partial charge in [0.15, 0.2) is 0 Å². The number of hydrogen-bond donors (Lipinski definition) is 0. The largest absolute Gasteiger partial charge is 0.344 e. The zero-order valence-electron chi connectivity index (χ0n) is 15.1. The summed E-state index contributed by atoms with van der Waals surface area (Å²) in [6, 6.07) is 7.01. The normalized spacial score (nSPS) is 18.8. The summed E-state index contributed by atoms with van der Waals surface area (Å²) in [4.78, 5) is 0. The van der Waals surface area contributed by atoms with Crippen molar-refractivity contribution >= 4 is 17.0 Å². The monoisotopic (exact) mass is 295 g/mol. The van der Waals surface area contributed by atoms with Crippen LogP contribution in [0.15, 0.2) is 24.3 Å². The maximum atomic E-state index is 2.42. The van der Waals surface area contributed by atoms with Crippen LogP contribution in [0.2, 0.25) is 0 Å². The smallest absolute Gasteiger partial charge is 0.0485 e. The molecule has 1 heteroatoms. The van der Waals surface area contributed by atoms with Crippen molar-refractivity contribution in [3.8, 4) is 0 Å². The maximum Gasteiger partial charge on any atom is 0.0485 e. The molecule has 2 aromatic rings. The van der Waals surface area contributed by atoms with E-state index in [9.17, 15) is 0 Å². The first-order chi connectivity index (χ1) is 10.1. The first-order valence-electron chi connectivity index (χ1n) is 8.39. The van der Waals surface area contributed by atoms with Gasteiger partial charge < -0.3 is 4.57 Å². The van der Waals surface area contributed by atoms with Crippen molar-refractivity contribution in [2.45, 2.75) is 53.4 Å². The first kappa shape index (κ1) is 15.4. The second-order valence-corrected chi connectivity index (χ2v) is 8.94. The Morgan fingerprint density at radius 3 is 2.32 bits per heavy atom. The van der Waals surface area contributed by atoms with Crippen LogP contribution in [0.3, 0.4) is 0 Å². The molecule has 1 nitrogen and oxygen atoms in total. The van der Waals surface area contributed by atoms with Crippen LogP contribution in [0.1, 0.15) is 58.4 Å². The van der Waals surface area contributed by atoms with E-state index in [2.05, 4.69) is 83.5 Å². The fraction of sp³-hybridized carbons (Fsp3) is 0.524. The molecular weight excluding hydrogens is 266 g/mol. The predicted octanol–water partition coefficient (Wildman–Crippen LogP) is 5.71. The van der Waals surface area contributed by atoms with Gasteiger partial charge in [-0.05, 0) is 52.5 Å². The molecule has 0 fully saturated rings. The standard InChI is InChI=1S/C21H29N/c1-20(2,3)14-8-10-18-16(12-14)17-13-15(21(4,5)6)9-11-19(17)22(18)7/h8-12,15H,13H2,1-7H3. The van der Waals surface area contributed by atoms with Crippen molar-refractivity contribution in [3.05, 3.63) is 41.1 Å². The molecule has 0 saturated carbocycles. The van der Waals surface area contributed by atoms with Gasteiger partial charge >= 0.3 is 0 Å². The predicted molar refractivity (Wildman–Crippen MR) is 97.3 cm³/mol. The van der Waals surface area contributed by atoms with E-state index in [1.807, 2.05) is 0 Å². The Labute approximate surface area is 135 Å². The summed E-state index contributed by atoms with van der Waals surface area (Å²) in [6.07, 6.45) is 5.90. The molecule has 1 aromatic carbocycles. The van der Waals surface area contributed by atoms with Crippen molar-refractivity contribution in [2.75, 3.05) is 0 Å². The van der Waals surface area contributed by atoms with Crippen LogP contribution in [0, 0.1) is 11.3 Å². The number of aryl methyl sites for hydroxylation is 1. The minimum absolute atomic E-state index is 0.199. The number of allylic oxidation sites excluding steroid dienone is 1. The third-order valence-electron chi connectivity index (χ3n) is 5.24. The van der Waals surface area contributed by atoms with Gasteiger partial charge in [0.1, 0.15) is 0 Å². The van der Waals surface area contributed by atoms with Crippen LogP contribution >= 0.6 is 0 Å². The van der Waals surface area contributed by atoms with E-state index in [4.69, 9.17) is 0 Å². The Hall–Kier alpha value is -1.50. The van der Waals surface area contributed by atoms with E-state index >= 15 is 0 Å². The number of benzene rings is 1. The molecule has 1 aliphatic rings. The van der Waals surface area contributed by atoms with E-state index in [0.29, 0.717) is 11.3 Å². The van der Waals surface area contributed by atoms with Gasteiger partial charge in [-0.15, -0.1) is 0 Å². The van der Waals surface area contributed by atoms with Gasteiger partial charge in [-0.1, -0.05) is 53.7 Å².